The number of ether oxygens (including phenoxy) is 1. The Balaban J connectivity index is 2.03. The van der Waals surface area contributed by atoms with E-state index in [0.717, 1.165) is 10.4 Å². The van der Waals surface area contributed by atoms with Crippen molar-refractivity contribution in [3.05, 3.63) is 16.0 Å². The summed E-state index contributed by atoms with van der Waals surface area (Å²) in [6, 6.07) is 0. The van der Waals surface area contributed by atoms with Gasteiger partial charge in [0, 0.05) is 29.8 Å². The van der Waals surface area contributed by atoms with Crippen LogP contribution < -0.4 is 5.32 Å². The lowest BCUT2D eigenvalue weighted by molar-refractivity contribution is -0.137. The Morgan fingerprint density at radius 2 is 1.80 bits per heavy atom. The summed E-state index contributed by atoms with van der Waals surface area (Å²) < 4.78 is 4.83. The van der Waals surface area contributed by atoms with Crippen LogP contribution in [0.15, 0.2) is 0 Å². The largest absolute Gasteiger partial charge is 0.465 e. The first-order valence-corrected chi connectivity index (χ1v) is 9.35. The Labute approximate surface area is 152 Å². The third-order valence-corrected chi connectivity index (χ3v) is 5.81. The fraction of sp³-hybridized carbons (Fsp3) is 0.611. The number of rotatable bonds is 4. The highest BCUT2D eigenvalue weighted by molar-refractivity contribution is 7.16. The number of nitrogens with zero attached hydrogens (tertiary/aromatic N) is 1. The predicted octanol–water partition coefficient (Wildman–Crippen LogP) is 2.98. The predicted molar refractivity (Wildman–Crippen MR) is 97.9 cm³/mol. The molecule has 0 spiro atoms. The van der Waals surface area contributed by atoms with Crippen LogP contribution in [0, 0.1) is 25.7 Å². The number of carbonyl (C=O) groups is 3. The maximum absolute atomic E-state index is 12.6. The minimum atomic E-state index is -0.436. The minimum absolute atomic E-state index is 0.0231. The van der Waals surface area contributed by atoms with Gasteiger partial charge in [-0.25, -0.2) is 4.79 Å². The summed E-state index contributed by atoms with van der Waals surface area (Å²) >= 11 is 1.39. The minimum Gasteiger partial charge on any atom is -0.465 e. The molecule has 2 rings (SSSR count). The number of anilines is 1. The van der Waals surface area contributed by atoms with Crippen molar-refractivity contribution >= 4 is 34.1 Å². The number of hydrogen-bond donors (Lipinski definition) is 1. The van der Waals surface area contributed by atoms with E-state index in [1.54, 1.807) is 0 Å². The van der Waals surface area contributed by atoms with Crippen LogP contribution in [-0.4, -0.2) is 42.9 Å². The maximum atomic E-state index is 12.6. The molecule has 7 heteroatoms. The molecule has 138 valence electrons. The Bertz CT molecular complexity index is 673. The fourth-order valence-corrected chi connectivity index (χ4v) is 4.06. The van der Waals surface area contributed by atoms with Crippen LogP contribution >= 0.6 is 11.3 Å². The van der Waals surface area contributed by atoms with Crippen LogP contribution in [0.2, 0.25) is 0 Å². The van der Waals surface area contributed by atoms with E-state index in [9.17, 15) is 14.4 Å². The summed E-state index contributed by atoms with van der Waals surface area (Å²) in [7, 11) is 1.34. The number of piperidine rings is 1. The van der Waals surface area contributed by atoms with Crippen LogP contribution in [-0.2, 0) is 14.3 Å². The van der Waals surface area contributed by atoms with Gasteiger partial charge < -0.3 is 15.0 Å². The molecule has 2 amide bonds. The van der Waals surface area contributed by atoms with Crippen LogP contribution in [0.4, 0.5) is 5.00 Å². The molecule has 6 nitrogen and oxygen atoms in total. The molecular formula is C18H26N2O4S. The molecule has 1 aromatic heterocycles. The average Bonchev–Trinajstić information content (AvgIpc) is 2.87. The van der Waals surface area contributed by atoms with E-state index < -0.39 is 5.97 Å². The van der Waals surface area contributed by atoms with Gasteiger partial charge in [-0.15, -0.1) is 11.3 Å². The van der Waals surface area contributed by atoms with Crippen molar-refractivity contribution in [2.24, 2.45) is 11.8 Å². The van der Waals surface area contributed by atoms with Gasteiger partial charge in [0.25, 0.3) is 0 Å². The van der Waals surface area contributed by atoms with Gasteiger partial charge in [0.15, 0.2) is 0 Å². The molecule has 0 saturated carbocycles. The van der Waals surface area contributed by atoms with Crippen molar-refractivity contribution in [1.29, 1.82) is 0 Å². The maximum Gasteiger partial charge on any atom is 0.341 e. The van der Waals surface area contributed by atoms with Gasteiger partial charge in [-0.3, -0.25) is 9.59 Å². The second-order valence-electron chi connectivity index (χ2n) is 6.72. The number of likely N-dealkylation sites (tertiary alicyclic amines) is 1. The summed E-state index contributed by atoms with van der Waals surface area (Å²) in [5.41, 5.74) is 1.27. The summed E-state index contributed by atoms with van der Waals surface area (Å²) in [6.45, 7) is 8.73. The molecule has 1 N–H and O–H groups in total. The van der Waals surface area contributed by atoms with Crippen molar-refractivity contribution in [1.82, 2.24) is 4.90 Å². The van der Waals surface area contributed by atoms with E-state index in [4.69, 9.17) is 4.74 Å². The summed E-state index contributed by atoms with van der Waals surface area (Å²) in [6.07, 6.45) is 1.28. The van der Waals surface area contributed by atoms with E-state index in [-0.39, 0.29) is 23.7 Å². The monoisotopic (exact) mass is 366 g/mol. The lowest BCUT2D eigenvalue weighted by Crippen LogP contribution is -2.43. The van der Waals surface area contributed by atoms with Gasteiger partial charge in [0.05, 0.1) is 12.7 Å². The smallest absolute Gasteiger partial charge is 0.341 e. The zero-order chi connectivity index (χ0) is 18.7. The number of hydrogen-bond acceptors (Lipinski definition) is 5. The second-order valence-corrected chi connectivity index (χ2v) is 7.95. The first-order valence-electron chi connectivity index (χ1n) is 8.54. The standard InChI is InChI=1S/C18H26N2O4S/c1-10(2)17(22)20-8-6-13(7-9-20)15(21)19-16-14(18(23)24-5)11(3)12(4)25-16/h10,13H,6-9H2,1-5H3,(H,19,21). The molecule has 1 aliphatic heterocycles. The molecule has 0 aromatic carbocycles. The van der Waals surface area contributed by atoms with Crippen LogP contribution in [0.1, 0.15) is 47.5 Å². The highest BCUT2D eigenvalue weighted by Gasteiger charge is 2.30. The van der Waals surface area contributed by atoms with Crippen LogP contribution in [0.3, 0.4) is 0 Å². The molecule has 0 aliphatic carbocycles. The van der Waals surface area contributed by atoms with Crippen molar-refractivity contribution in [3.63, 3.8) is 0 Å². The Hall–Kier alpha value is -1.89. The second kappa shape index (κ2) is 7.99. The normalized spacial score (nSPS) is 15.4. The Kier molecular flexibility index (Phi) is 6.21. The molecule has 1 saturated heterocycles. The lowest BCUT2D eigenvalue weighted by Gasteiger charge is -2.32. The van der Waals surface area contributed by atoms with E-state index >= 15 is 0 Å². The zero-order valence-electron chi connectivity index (χ0n) is 15.5. The van der Waals surface area contributed by atoms with E-state index in [2.05, 4.69) is 5.32 Å². The molecule has 0 atom stereocenters. The first kappa shape index (κ1) is 19.4. The molecule has 1 aliphatic rings. The van der Waals surface area contributed by atoms with Crippen molar-refractivity contribution < 1.29 is 19.1 Å². The van der Waals surface area contributed by atoms with Gasteiger partial charge >= 0.3 is 5.97 Å². The highest BCUT2D eigenvalue weighted by Crippen LogP contribution is 2.33. The highest BCUT2D eigenvalue weighted by atomic mass is 32.1. The lowest BCUT2D eigenvalue weighted by atomic mass is 9.95. The number of esters is 1. The van der Waals surface area contributed by atoms with Crippen molar-refractivity contribution in [3.8, 4) is 0 Å². The van der Waals surface area contributed by atoms with Gasteiger partial charge in [0.1, 0.15) is 5.00 Å². The number of aryl methyl sites for hydroxylation is 1. The summed E-state index contributed by atoms with van der Waals surface area (Å²) in [4.78, 5) is 39.4. The molecule has 1 fully saturated rings. The van der Waals surface area contributed by atoms with E-state index in [0.29, 0.717) is 36.5 Å². The number of thiophene rings is 1. The average molecular weight is 366 g/mol. The summed E-state index contributed by atoms with van der Waals surface area (Å²) in [5, 5.41) is 3.45. The molecule has 2 heterocycles. The van der Waals surface area contributed by atoms with E-state index in [1.807, 2.05) is 32.6 Å². The van der Waals surface area contributed by atoms with Gasteiger partial charge in [-0.1, -0.05) is 13.8 Å². The Morgan fingerprint density at radius 1 is 1.20 bits per heavy atom. The third-order valence-electron chi connectivity index (χ3n) is 4.68. The number of amides is 2. The zero-order valence-corrected chi connectivity index (χ0v) is 16.3. The topological polar surface area (TPSA) is 75.7 Å². The van der Waals surface area contributed by atoms with E-state index in [1.165, 1.54) is 18.4 Å². The first-order chi connectivity index (χ1) is 11.8. The number of nitrogens with one attached hydrogen (secondary N) is 1. The van der Waals surface area contributed by atoms with Crippen molar-refractivity contribution in [2.45, 2.75) is 40.5 Å². The fourth-order valence-electron chi connectivity index (χ4n) is 3.00. The SMILES string of the molecule is COC(=O)c1c(NC(=O)C2CCN(C(=O)C(C)C)CC2)sc(C)c1C. The molecule has 1 aromatic rings. The molecule has 0 radical (unpaired) electrons. The molecule has 0 unspecified atom stereocenters. The summed E-state index contributed by atoms with van der Waals surface area (Å²) in [5.74, 6) is -0.566. The van der Waals surface area contributed by atoms with Gasteiger partial charge in [-0.2, -0.15) is 0 Å². The van der Waals surface area contributed by atoms with Crippen LogP contribution in [0.5, 0.6) is 0 Å². The Morgan fingerprint density at radius 3 is 2.32 bits per heavy atom. The molecular weight excluding hydrogens is 340 g/mol. The van der Waals surface area contributed by atoms with Gasteiger partial charge in [0.2, 0.25) is 11.8 Å². The molecule has 0 bridgehead atoms. The van der Waals surface area contributed by atoms with Gasteiger partial charge in [-0.05, 0) is 32.3 Å². The molecule has 25 heavy (non-hydrogen) atoms. The van der Waals surface area contributed by atoms with Crippen molar-refractivity contribution in [2.75, 3.05) is 25.5 Å². The van der Waals surface area contributed by atoms with Crippen LogP contribution in [0.25, 0.3) is 0 Å². The number of carbonyl (C=O) groups excluding carboxylic acids is 3. The third kappa shape index (κ3) is 4.21. The number of methoxy groups -OCH3 is 1. The quantitative estimate of drug-likeness (QED) is 0.831.